The number of benzene rings is 2. The summed E-state index contributed by atoms with van der Waals surface area (Å²) in [5.74, 6) is -0.272. The number of hydrogen-bond acceptors (Lipinski definition) is 3. The fourth-order valence-electron chi connectivity index (χ4n) is 5.10. The van der Waals surface area contributed by atoms with Crippen molar-refractivity contribution in [2.45, 2.75) is 50.4 Å². The van der Waals surface area contributed by atoms with Crippen LogP contribution in [0.2, 0.25) is 10.0 Å². The van der Waals surface area contributed by atoms with Gasteiger partial charge in [-0.2, -0.15) is 0 Å². The highest BCUT2D eigenvalue weighted by atomic mass is 35.5. The highest BCUT2D eigenvalue weighted by Gasteiger charge is 2.47. The summed E-state index contributed by atoms with van der Waals surface area (Å²) >= 11 is 12.2. The van der Waals surface area contributed by atoms with Crippen LogP contribution in [0.5, 0.6) is 0 Å². The number of imide groups is 1. The molecule has 6 heteroatoms. The lowest BCUT2D eigenvalue weighted by atomic mass is 9.95. The van der Waals surface area contributed by atoms with E-state index in [0.29, 0.717) is 33.3 Å². The zero-order chi connectivity index (χ0) is 19.4. The highest BCUT2D eigenvalue weighted by molar-refractivity contribution is 6.42. The number of halogens is 2. The first-order valence-corrected chi connectivity index (χ1v) is 10.4. The lowest BCUT2D eigenvalue weighted by molar-refractivity contribution is 0.0378. The van der Waals surface area contributed by atoms with E-state index in [1.54, 1.807) is 12.1 Å². The van der Waals surface area contributed by atoms with Crippen LogP contribution < -0.4 is 0 Å². The molecule has 0 radical (unpaired) electrons. The normalized spacial score (nSPS) is 26.8. The standard InChI is InChI=1S/C22H20Cl2N2O2/c23-19-8-5-13(9-20(19)24)12-25-14-6-7-15(25)11-16(10-14)26-21(27)17-3-1-2-4-18(17)22(26)28/h1-5,8-9,14-16H,6-7,10-12H2. The van der Waals surface area contributed by atoms with E-state index < -0.39 is 0 Å². The van der Waals surface area contributed by atoms with Crippen LogP contribution in [-0.4, -0.2) is 39.7 Å². The first kappa shape index (κ1) is 18.2. The molecule has 2 amide bonds. The van der Waals surface area contributed by atoms with Crippen molar-refractivity contribution in [1.29, 1.82) is 0 Å². The molecule has 0 aromatic heterocycles. The van der Waals surface area contributed by atoms with Crippen molar-refractivity contribution in [3.63, 3.8) is 0 Å². The summed E-state index contributed by atoms with van der Waals surface area (Å²) in [6, 6.07) is 13.7. The quantitative estimate of drug-likeness (QED) is 0.678. The summed E-state index contributed by atoms with van der Waals surface area (Å²) in [6.07, 6.45) is 3.88. The molecule has 3 heterocycles. The number of amides is 2. The molecule has 0 saturated carbocycles. The smallest absolute Gasteiger partial charge is 0.261 e. The van der Waals surface area contributed by atoms with Crippen molar-refractivity contribution < 1.29 is 9.59 Å². The van der Waals surface area contributed by atoms with Crippen molar-refractivity contribution in [3.05, 3.63) is 69.2 Å². The second kappa shape index (κ2) is 6.87. The van der Waals surface area contributed by atoms with Crippen molar-refractivity contribution in [2.75, 3.05) is 0 Å². The largest absolute Gasteiger partial charge is 0.293 e. The molecular weight excluding hydrogens is 395 g/mol. The van der Waals surface area contributed by atoms with Gasteiger partial charge >= 0.3 is 0 Å². The van der Waals surface area contributed by atoms with Crippen molar-refractivity contribution in [2.24, 2.45) is 0 Å². The maximum Gasteiger partial charge on any atom is 0.261 e. The molecule has 28 heavy (non-hydrogen) atoms. The molecule has 2 aromatic rings. The van der Waals surface area contributed by atoms with Gasteiger partial charge in [-0.05, 0) is 55.5 Å². The van der Waals surface area contributed by atoms with Crippen LogP contribution in [0.15, 0.2) is 42.5 Å². The molecule has 5 rings (SSSR count). The molecule has 2 unspecified atom stereocenters. The van der Waals surface area contributed by atoms with E-state index >= 15 is 0 Å². The monoisotopic (exact) mass is 414 g/mol. The van der Waals surface area contributed by atoms with E-state index in [1.807, 2.05) is 30.3 Å². The third-order valence-corrected chi connectivity index (χ3v) is 7.14. The summed E-state index contributed by atoms with van der Waals surface area (Å²) in [7, 11) is 0. The number of carbonyl (C=O) groups is 2. The molecule has 3 aliphatic heterocycles. The van der Waals surface area contributed by atoms with Gasteiger partial charge in [-0.15, -0.1) is 0 Å². The molecule has 2 atom stereocenters. The predicted molar refractivity (Wildman–Crippen MR) is 109 cm³/mol. The van der Waals surface area contributed by atoms with Gasteiger partial charge in [0.15, 0.2) is 0 Å². The van der Waals surface area contributed by atoms with E-state index in [2.05, 4.69) is 4.90 Å². The molecule has 144 valence electrons. The van der Waals surface area contributed by atoms with Crippen LogP contribution >= 0.6 is 23.2 Å². The van der Waals surface area contributed by atoms with Crippen LogP contribution in [0.25, 0.3) is 0 Å². The minimum absolute atomic E-state index is 0.0186. The fraction of sp³-hybridized carbons (Fsp3) is 0.364. The minimum atomic E-state index is -0.136. The number of piperidine rings is 1. The Morgan fingerprint density at radius 2 is 1.43 bits per heavy atom. The Labute approximate surface area is 174 Å². The van der Waals surface area contributed by atoms with Crippen molar-refractivity contribution in [1.82, 2.24) is 9.80 Å². The average molecular weight is 415 g/mol. The maximum atomic E-state index is 12.8. The second-order valence-corrected chi connectivity index (χ2v) is 8.77. The maximum absolute atomic E-state index is 12.8. The molecular formula is C22H20Cl2N2O2. The molecule has 2 aromatic carbocycles. The molecule has 2 fully saturated rings. The van der Waals surface area contributed by atoms with Crippen LogP contribution in [0.1, 0.15) is 52.0 Å². The molecule has 3 aliphatic rings. The Kier molecular flexibility index (Phi) is 4.46. The second-order valence-electron chi connectivity index (χ2n) is 7.96. The van der Waals surface area contributed by atoms with Gasteiger partial charge in [0.25, 0.3) is 11.8 Å². The Morgan fingerprint density at radius 1 is 0.821 bits per heavy atom. The Hall–Kier alpha value is -1.88. The van der Waals surface area contributed by atoms with Gasteiger partial charge < -0.3 is 0 Å². The van der Waals surface area contributed by atoms with Gasteiger partial charge in [0.05, 0.1) is 21.2 Å². The van der Waals surface area contributed by atoms with Gasteiger partial charge in [0.2, 0.25) is 0 Å². The topological polar surface area (TPSA) is 40.6 Å². The van der Waals surface area contributed by atoms with Crippen LogP contribution in [-0.2, 0) is 6.54 Å². The first-order chi connectivity index (χ1) is 13.5. The van der Waals surface area contributed by atoms with Crippen LogP contribution in [0.3, 0.4) is 0 Å². The molecule has 4 nitrogen and oxygen atoms in total. The van der Waals surface area contributed by atoms with Crippen molar-refractivity contribution >= 4 is 35.0 Å². The summed E-state index contributed by atoms with van der Waals surface area (Å²) in [5.41, 5.74) is 2.22. The molecule has 0 N–H and O–H groups in total. The minimum Gasteiger partial charge on any atom is -0.293 e. The number of hydrogen-bond donors (Lipinski definition) is 0. The summed E-state index contributed by atoms with van der Waals surface area (Å²) in [6.45, 7) is 0.820. The van der Waals surface area contributed by atoms with E-state index in [4.69, 9.17) is 23.2 Å². The Balaban J connectivity index is 1.34. The molecule has 2 bridgehead atoms. The third kappa shape index (κ3) is 2.86. The average Bonchev–Trinajstić information content (AvgIpc) is 3.07. The van der Waals surface area contributed by atoms with E-state index in [0.717, 1.165) is 37.8 Å². The zero-order valence-corrected chi connectivity index (χ0v) is 16.8. The molecule has 0 spiro atoms. The van der Waals surface area contributed by atoms with Crippen molar-refractivity contribution in [3.8, 4) is 0 Å². The fourth-order valence-corrected chi connectivity index (χ4v) is 5.42. The number of rotatable bonds is 3. The Bertz CT molecular complexity index is 928. The highest BCUT2D eigenvalue weighted by Crippen LogP contribution is 2.41. The number of nitrogens with zero attached hydrogens (tertiary/aromatic N) is 2. The van der Waals surface area contributed by atoms with E-state index in [9.17, 15) is 9.59 Å². The lowest BCUT2D eigenvalue weighted by Crippen LogP contribution is -2.51. The summed E-state index contributed by atoms with van der Waals surface area (Å²) < 4.78 is 0. The van der Waals surface area contributed by atoms with Crippen LogP contribution in [0, 0.1) is 0 Å². The molecule has 2 saturated heterocycles. The zero-order valence-electron chi connectivity index (χ0n) is 15.3. The SMILES string of the molecule is O=C1c2ccccc2C(=O)N1C1CC2CCC(C1)N2Cc1ccc(Cl)c(Cl)c1. The summed E-state index contributed by atoms with van der Waals surface area (Å²) in [5, 5.41) is 1.14. The van der Waals surface area contributed by atoms with Gasteiger partial charge in [-0.25, -0.2) is 0 Å². The van der Waals surface area contributed by atoms with Gasteiger partial charge in [0, 0.05) is 24.7 Å². The molecule has 0 aliphatic carbocycles. The lowest BCUT2D eigenvalue weighted by Gasteiger charge is -2.41. The predicted octanol–water partition coefficient (Wildman–Crippen LogP) is 4.79. The first-order valence-electron chi connectivity index (χ1n) is 9.69. The van der Waals surface area contributed by atoms with Gasteiger partial charge in [-0.3, -0.25) is 19.4 Å². The van der Waals surface area contributed by atoms with Crippen LogP contribution in [0.4, 0.5) is 0 Å². The van der Waals surface area contributed by atoms with Gasteiger partial charge in [0.1, 0.15) is 0 Å². The van der Waals surface area contributed by atoms with E-state index in [1.165, 1.54) is 4.90 Å². The number of fused-ring (bicyclic) bond motifs is 3. The Morgan fingerprint density at radius 3 is 2.00 bits per heavy atom. The van der Waals surface area contributed by atoms with Gasteiger partial charge in [-0.1, -0.05) is 41.4 Å². The third-order valence-electron chi connectivity index (χ3n) is 6.40. The van der Waals surface area contributed by atoms with E-state index in [-0.39, 0.29) is 17.9 Å². The summed E-state index contributed by atoms with van der Waals surface area (Å²) in [4.78, 5) is 29.7. The number of carbonyl (C=O) groups excluding carboxylic acids is 2.